The third kappa shape index (κ3) is 3.20. The molecule has 0 saturated heterocycles. The van der Waals surface area contributed by atoms with E-state index < -0.39 is 0 Å². The van der Waals surface area contributed by atoms with E-state index in [4.69, 9.17) is 0 Å². The zero-order chi connectivity index (χ0) is 10.5. The van der Waals surface area contributed by atoms with E-state index in [-0.39, 0.29) is 0 Å². The predicted molar refractivity (Wildman–Crippen MR) is 66.4 cm³/mol. The topological polar surface area (TPSA) is 24.9 Å². The lowest BCUT2D eigenvalue weighted by molar-refractivity contribution is 0.444. The van der Waals surface area contributed by atoms with Gasteiger partial charge in [0, 0.05) is 17.6 Å². The summed E-state index contributed by atoms with van der Waals surface area (Å²) in [7, 11) is 0. The molecule has 1 aliphatic rings. The number of nitrogens with zero attached hydrogens (tertiary/aromatic N) is 1. The molecule has 1 saturated carbocycles. The molecule has 3 heteroatoms. The lowest BCUT2D eigenvalue weighted by atomic mass is 9.98. The normalized spacial score (nSPS) is 27.3. The summed E-state index contributed by atoms with van der Waals surface area (Å²) in [5.74, 6) is 0.966. The first kappa shape index (κ1) is 10.9. The summed E-state index contributed by atoms with van der Waals surface area (Å²) >= 11 is 1.71. The van der Waals surface area contributed by atoms with Crippen LogP contribution in [0.1, 0.15) is 45.4 Å². The Labute approximate surface area is 96.1 Å². The van der Waals surface area contributed by atoms with E-state index in [9.17, 15) is 0 Å². The van der Waals surface area contributed by atoms with Crippen molar-refractivity contribution in [2.75, 3.05) is 5.32 Å². The number of thiazole rings is 1. The summed E-state index contributed by atoms with van der Waals surface area (Å²) in [5.41, 5.74) is 0. The number of rotatable bonds is 3. The average Bonchev–Trinajstić information content (AvgIpc) is 2.64. The number of aromatic nitrogens is 1. The maximum Gasteiger partial charge on any atom is 0.182 e. The monoisotopic (exact) mass is 224 g/mol. The van der Waals surface area contributed by atoms with Gasteiger partial charge in [-0.05, 0) is 25.2 Å². The van der Waals surface area contributed by atoms with E-state index in [0.717, 1.165) is 11.0 Å². The molecule has 1 aromatic heterocycles. The molecule has 15 heavy (non-hydrogen) atoms. The van der Waals surface area contributed by atoms with Crippen LogP contribution in [0, 0.1) is 5.92 Å². The predicted octanol–water partition coefficient (Wildman–Crippen LogP) is 3.91. The zero-order valence-electron chi connectivity index (χ0n) is 9.41. The highest BCUT2D eigenvalue weighted by Crippen LogP contribution is 2.27. The average molecular weight is 224 g/mol. The van der Waals surface area contributed by atoms with E-state index in [1.165, 1.54) is 38.5 Å². The number of hydrogen-bond donors (Lipinski definition) is 1. The lowest BCUT2D eigenvalue weighted by Gasteiger charge is -2.15. The fourth-order valence-electron chi connectivity index (χ4n) is 2.40. The Bertz CT molecular complexity index is 271. The standard InChI is InChI=1S/C12H20N2S/c1-2-10-4-3-5-11(7-6-10)14-12-13-8-9-15-12/h8-11H,2-7H2,1H3,(H,13,14). The van der Waals surface area contributed by atoms with Crippen LogP contribution in [0.5, 0.6) is 0 Å². The molecule has 0 bridgehead atoms. The quantitative estimate of drug-likeness (QED) is 0.787. The fourth-order valence-corrected chi connectivity index (χ4v) is 3.01. The molecule has 0 aliphatic heterocycles. The molecule has 84 valence electrons. The molecule has 2 atom stereocenters. The van der Waals surface area contributed by atoms with Crippen molar-refractivity contribution in [3.63, 3.8) is 0 Å². The van der Waals surface area contributed by atoms with Crippen molar-refractivity contribution in [1.82, 2.24) is 4.98 Å². The van der Waals surface area contributed by atoms with Gasteiger partial charge in [0.25, 0.3) is 0 Å². The molecule has 1 fully saturated rings. The van der Waals surface area contributed by atoms with Crippen LogP contribution in [0.3, 0.4) is 0 Å². The van der Waals surface area contributed by atoms with Crippen LogP contribution in [-0.4, -0.2) is 11.0 Å². The first-order valence-corrected chi connectivity index (χ1v) is 6.92. The minimum Gasteiger partial charge on any atom is -0.359 e. The third-order valence-electron chi connectivity index (χ3n) is 3.43. The summed E-state index contributed by atoms with van der Waals surface area (Å²) in [6.45, 7) is 2.32. The second-order valence-electron chi connectivity index (χ2n) is 4.46. The van der Waals surface area contributed by atoms with Crippen LogP contribution < -0.4 is 5.32 Å². The van der Waals surface area contributed by atoms with E-state index in [0.29, 0.717) is 6.04 Å². The third-order valence-corrected chi connectivity index (χ3v) is 4.13. The maximum atomic E-state index is 4.29. The maximum absolute atomic E-state index is 4.29. The summed E-state index contributed by atoms with van der Waals surface area (Å²) in [4.78, 5) is 4.29. The van der Waals surface area contributed by atoms with Gasteiger partial charge in [-0.15, -0.1) is 11.3 Å². The smallest absolute Gasteiger partial charge is 0.182 e. The molecule has 0 radical (unpaired) electrons. The van der Waals surface area contributed by atoms with Crippen molar-refractivity contribution >= 4 is 16.5 Å². The highest BCUT2D eigenvalue weighted by molar-refractivity contribution is 7.13. The van der Waals surface area contributed by atoms with Crippen LogP contribution in [0.25, 0.3) is 0 Å². The molecular weight excluding hydrogens is 204 g/mol. The van der Waals surface area contributed by atoms with Crippen molar-refractivity contribution in [3.05, 3.63) is 11.6 Å². The van der Waals surface area contributed by atoms with Crippen LogP contribution in [-0.2, 0) is 0 Å². The molecule has 1 N–H and O–H groups in total. The molecule has 2 nitrogen and oxygen atoms in total. The highest BCUT2D eigenvalue weighted by atomic mass is 32.1. The number of nitrogens with one attached hydrogen (secondary N) is 1. The second kappa shape index (κ2) is 5.50. The number of hydrogen-bond acceptors (Lipinski definition) is 3. The van der Waals surface area contributed by atoms with Crippen LogP contribution >= 0.6 is 11.3 Å². The van der Waals surface area contributed by atoms with Crippen molar-refractivity contribution in [2.24, 2.45) is 5.92 Å². The van der Waals surface area contributed by atoms with Gasteiger partial charge >= 0.3 is 0 Å². The van der Waals surface area contributed by atoms with Crippen molar-refractivity contribution in [2.45, 2.75) is 51.5 Å². The number of anilines is 1. The van der Waals surface area contributed by atoms with E-state index in [1.807, 2.05) is 11.6 Å². The van der Waals surface area contributed by atoms with E-state index >= 15 is 0 Å². The Hall–Kier alpha value is -0.570. The van der Waals surface area contributed by atoms with Crippen molar-refractivity contribution in [1.29, 1.82) is 0 Å². The molecule has 2 unspecified atom stereocenters. The zero-order valence-corrected chi connectivity index (χ0v) is 10.2. The Balaban J connectivity index is 1.83. The SMILES string of the molecule is CCC1CCCC(Nc2nccs2)CC1. The molecular formula is C12H20N2S. The molecule has 1 aromatic rings. The summed E-state index contributed by atoms with van der Waals surface area (Å²) in [6, 6.07) is 0.660. The first-order chi connectivity index (χ1) is 7.38. The first-order valence-electron chi connectivity index (χ1n) is 6.04. The van der Waals surface area contributed by atoms with Gasteiger partial charge in [0.05, 0.1) is 0 Å². The Morgan fingerprint density at radius 1 is 1.40 bits per heavy atom. The Kier molecular flexibility index (Phi) is 4.01. The molecule has 0 spiro atoms. The van der Waals surface area contributed by atoms with Gasteiger partial charge in [0.1, 0.15) is 0 Å². The summed E-state index contributed by atoms with van der Waals surface area (Å²) in [6.07, 6.45) is 10.0. The molecule has 1 heterocycles. The summed E-state index contributed by atoms with van der Waals surface area (Å²) in [5, 5.41) is 6.68. The van der Waals surface area contributed by atoms with Crippen LogP contribution in [0.4, 0.5) is 5.13 Å². The van der Waals surface area contributed by atoms with Gasteiger partial charge in [-0.3, -0.25) is 0 Å². The fraction of sp³-hybridized carbons (Fsp3) is 0.750. The van der Waals surface area contributed by atoms with Gasteiger partial charge < -0.3 is 5.32 Å². The second-order valence-corrected chi connectivity index (χ2v) is 5.36. The van der Waals surface area contributed by atoms with Gasteiger partial charge in [0.2, 0.25) is 0 Å². The molecule has 0 aromatic carbocycles. The van der Waals surface area contributed by atoms with E-state index in [2.05, 4.69) is 17.2 Å². The lowest BCUT2D eigenvalue weighted by Crippen LogP contribution is -2.18. The minimum absolute atomic E-state index is 0.660. The van der Waals surface area contributed by atoms with E-state index in [1.54, 1.807) is 11.3 Å². The summed E-state index contributed by atoms with van der Waals surface area (Å²) < 4.78 is 0. The van der Waals surface area contributed by atoms with Crippen LogP contribution in [0.2, 0.25) is 0 Å². The molecule has 2 rings (SSSR count). The van der Waals surface area contributed by atoms with Gasteiger partial charge in [-0.1, -0.05) is 26.2 Å². The van der Waals surface area contributed by atoms with Crippen LogP contribution in [0.15, 0.2) is 11.6 Å². The largest absolute Gasteiger partial charge is 0.359 e. The van der Waals surface area contributed by atoms with Crippen molar-refractivity contribution < 1.29 is 0 Å². The van der Waals surface area contributed by atoms with Gasteiger partial charge in [-0.25, -0.2) is 4.98 Å². The highest BCUT2D eigenvalue weighted by Gasteiger charge is 2.17. The molecule has 0 amide bonds. The Morgan fingerprint density at radius 2 is 2.33 bits per heavy atom. The molecule has 1 aliphatic carbocycles. The minimum atomic E-state index is 0.660. The Morgan fingerprint density at radius 3 is 3.07 bits per heavy atom. The van der Waals surface area contributed by atoms with Crippen molar-refractivity contribution in [3.8, 4) is 0 Å². The van der Waals surface area contributed by atoms with Gasteiger partial charge in [-0.2, -0.15) is 0 Å². The van der Waals surface area contributed by atoms with Gasteiger partial charge in [0.15, 0.2) is 5.13 Å².